The van der Waals surface area contributed by atoms with Crippen LogP contribution in [0.3, 0.4) is 0 Å². The van der Waals surface area contributed by atoms with E-state index in [0.29, 0.717) is 12.0 Å². The van der Waals surface area contributed by atoms with Crippen LogP contribution in [0, 0.1) is 0 Å². The van der Waals surface area contributed by atoms with Gasteiger partial charge in [-0.1, -0.05) is 58.6 Å². The van der Waals surface area contributed by atoms with Gasteiger partial charge >= 0.3 is 0 Å². The Labute approximate surface area is 209 Å². The van der Waals surface area contributed by atoms with Crippen molar-refractivity contribution in [3.63, 3.8) is 0 Å². The topological polar surface area (TPSA) is 96.2 Å². The fourth-order valence-electron chi connectivity index (χ4n) is 3.46. The molecule has 2 amide bonds. The first-order valence-electron chi connectivity index (χ1n) is 12.0. The van der Waals surface area contributed by atoms with Crippen molar-refractivity contribution in [3.05, 3.63) is 59.7 Å². The number of unbranched alkanes of at least 4 members (excludes halogenated alkanes) is 5. The Bertz CT molecular complexity index is 935. The van der Waals surface area contributed by atoms with Crippen LogP contribution in [0.25, 0.3) is 0 Å². The fraction of sp³-hybridized carbons (Fsp3) is 0.444. The summed E-state index contributed by atoms with van der Waals surface area (Å²) in [6, 6.07) is 14.8. The van der Waals surface area contributed by atoms with Gasteiger partial charge in [0, 0.05) is 23.4 Å². The summed E-state index contributed by atoms with van der Waals surface area (Å²) < 4.78 is 0. The van der Waals surface area contributed by atoms with Gasteiger partial charge in [-0.15, -0.1) is 0 Å². The Morgan fingerprint density at radius 1 is 0.794 bits per heavy atom. The van der Waals surface area contributed by atoms with Crippen LogP contribution < -0.4 is 21.7 Å². The molecule has 0 bridgehead atoms. The number of amides is 2. The molecule has 5 N–H and O–H groups in total. The lowest BCUT2D eigenvalue weighted by Crippen LogP contribution is -2.34. The molecule has 0 saturated heterocycles. The van der Waals surface area contributed by atoms with Gasteiger partial charge in [-0.2, -0.15) is 0 Å². The van der Waals surface area contributed by atoms with E-state index in [9.17, 15) is 9.59 Å². The van der Waals surface area contributed by atoms with Gasteiger partial charge in [-0.05, 0) is 79.0 Å². The van der Waals surface area contributed by atoms with Crippen molar-refractivity contribution in [1.82, 2.24) is 5.32 Å². The van der Waals surface area contributed by atoms with Crippen molar-refractivity contribution >= 4 is 40.5 Å². The maximum Gasteiger partial charge on any atom is 0.257 e. The molecule has 34 heavy (non-hydrogen) atoms. The monoisotopic (exact) mass is 482 g/mol. The maximum absolute atomic E-state index is 12.5. The first-order chi connectivity index (χ1) is 16.2. The van der Waals surface area contributed by atoms with Crippen LogP contribution in [-0.4, -0.2) is 23.5 Å². The van der Waals surface area contributed by atoms with E-state index in [0.717, 1.165) is 49.2 Å². The average Bonchev–Trinajstić information content (AvgIpc) is 2.79. The van der Waals surface area contributed by atoms with Gasteiger partial charge in [0.05, 0.1) is 0 Å². The van der Waals surface area contributed by atoms with Gasteiger partial charge in [-0.25, -0.2) is 0 Å². The lowest BCUT2D eigenvalue weighted by Gasteiger charge is -2.19. The van der Waals surface area contributed by atoms with Crippen LogP contribution in [0.1, 0.15) is 81.6 Å². The molecular weight excluding hydrogens is 444 g/mol. The zero-order valence-electron chi connectivity index (χ0n) is 20.6. The van der Waals surface area contributed by atoms with E-state index >= 15 is 0 Å². The number of nitrogens with one attached hydrogen (secondary N) is 3. The molecule has 0 aromatic heterocycles. The van der Waals surface area contributed by atoms with E-state index in [1.165, 1.54) is 12.8 Å². The second-order valence-electron chi connectivity index (χ2n) is 9.52. The van der Waals surface area contributed by atoms with Crippen LogP contribution in [0.15, 0.2) is 48.5 Å². The smallest absolute Gasteiger partial charge is 0.257 e. The number of thiocarbonyl (C=S) groups is 1. The molecule has 0 radical (unpaired) electrons. The highest BCUT2D eigenvalue weighted by molar-refractivity contribution is 7.80. The minimum atomic E-state index is -0.263. The Morgan fingerprint density at radius 3 is 1.88 bits per heavy atom. The highest BCUT2D eigenvalue weighted by Crippen LogP contribution is 2.22. The first-order valence-corrected chi connectivity index (χ1v) is 12.4. The molecule has 0 heterocycles. The molecule has 184 valence electrons. The summed E-state index contributed by atoms with van der Waals surface area (Å²) in [7, 11) is 0. The van der Waals surface area contributed by atoms with Crippen molar-refractivity contribution in [2.45, 2.75) is 71.1 Å². The predicted molar refractivity (Wildman–Crippen MR) is 145 cm³/mol. The van der Waals surface area contributed by atoms with Crippen LogP contribution in [0.2, 0.25) is 0 Å². The summed E-state index contributed by atoms with van der Waals surface area (Å²) in [6.45, 7) is 7.14. The summed E-state index contributed by atoms with van der Waals surface area (Å²) in [4.78, 5) is 24.6. The Balaban J connectivity index is 1.73. The van der Waals surface area contributed by atoms with E-state index in [-0.39, 0.29) is 22.3 Å². The molecule has 0 aliphatic carbocycles. The Kier molecular flexibility index (Phi) is 11.2. The van der Waals surface area contributed by atoms with E-state index in [4.69, 9.17) is 18.0 Å². The predicted octanol–water partition coefficient (Wildman–Crippen LogP) is 5.74. The SMILES string of the molecule is CC(C)(C)c1ccc(C(=O)NC(=S)Nc2ccc(NC(=O)CCCCCCCCN)cc2)cc1. The van der Waals surface area contributed by atoms with Gasteiger partial charge in [0.25, 0.3) is 5.91 Å². The number of hydrogen-bond donors (Lipinski definition) is 4. The molecule has 0 saturated carbocycles. The highest BCUT2D eigenvalue weighted by Gasteiger charge is 2.15. The van der Waals surface area contributed by atoms with Crippen LogP contribution in [-0.2, 0) is 10.2 Å². The van der Waals surface area contributed by atoms with Crippen molar-refractivity contribution in [3.8, 4) is 0 Å². The lowest BCUT2D eigenvalue weighted by atomic mass is 9.87. The molecule has 0 atom stereocenters. The van der Waals surface area contributed by atoms with Gasteiger partial charge in [0.2, 0.25) is 5.91 Å². The van der Waals surface area contributed by atoms with Crippen molar-refractivity contribution in [2.24, 2.45) is 5.73 Å². The minimum Gasteiger partial charge on any atom is -0.332 e. The quantitative estimate of drug-likeness (QED) is 0.242. The fourth-order valence-corrected chi connectivity index (χ4v) is 3.67. The van der Waals surface area contributed by atoms with Crippen molar-refractivity contribution < 1.29 is 9.59 Å². The van der Waals surface area contributed by atoms with Crippen LogP contribution in [0.5, 0.6) is 0 Å². The standard InChI is InChI=1S/C27H38N4O2S/c1-27(2,3)21-13-11-20(12-14-21)25(33)31-26(34)30-23-17-15-22(16-18-23)29-24(32)10-8-6-4-5-7-9-19-28/h11-18H,4-10,19,28H2,1-3H3,(H,29,32)(H2,30,31,33,34). The number of benzene rings is 2. The van der Waals surface area contributed by atoms with Crippen LogP contribution >= 0.6 is 12.2 Å². The van der Waals surface area contributed by atoms with Gasteiger partial charge in [0.1, 0.15) is 0 Å². The molecule has 0 spiro atoms. The van der Waals surface area contributed by atoms with Crippen molar-refractivity contribution in [1.29, 1.82) is 0 Å². The lowest BCUT2D eigenvalue weighted by molar-refractivity contribution is -0.116. The largest absolute Gasteiger partial charge is 0.332 e. The summed E-state index contributed by atoms with van der Waals surface area (Å²) in [5.41, 5.74) is 8.69. The first kappa shape index (κ1) is 27.5. The second-order valence-corrected chi connectivity index (χ2v) is 9.93. The molecule has 6 nitrogen and oxygen atoms in total. The maximum atomic E-state index is 12.5. The average molecular weight is 483 g/mol. The third kappa shape index (κ3) is 10.0. The molecule has 7 heteroatoms. The number of nitrogens with two attached hydrogens (primary N) is 1. The zero-order chi connectivity index (χ0) is 25.0. The number of anilines is 2. The molecule has 0 aliphatic heterocycles. The van der Waals surface area contributed by atoms with E-state index in [1.807, 2.05) is 36.4 Å². The Hall–Kier alpha value is -2.77. The summed E-state index contributed by atoms with van der Waals surface area (Å²) in [6.07, 6.45) is 7.04. The molecule has 0 aliphatic rings. The summed E-state index contributed by atoms with van der Waals surface area (Å²) >= 11 is 5.27. The third-order valence-corrected chi connectivity index (χ3v) is 5.73. The molecule has 2 rings (SSSR count). The second kappa shape index (κ2) is 13.8. The Morgan fingerprint density at radius 2 is 1.32 bits per heavy atom. The van der Waals surface area contributed by atoms with E-state index in [2.05, 4.69) is 36.7 Å². The molecule has 0 unspecified atom stereocenters. The van der Waals surface area contributed by atoms with E-state index in [1.54, 1.807) is 12.1 Å². The van der Waals surface area contributed by atoms with Gasteiger partial charge in [0.15, 0.2) is 5.11 Å². The van der Waals surface area contributed by atoms with Crippen LogP contribution in [0.4, 0.5) is 11.4 Å². The molecular formula is C27H38N4O2S. The normalized spacial score (nSPS) is 11.1. The number of carbonyl (C=O) groups excluding carboxylic acids is 2. The highest BCUT2D eigenvalue weighted by atomic mass is 32.1. The minimum absolute atomic E-state index is 0.0166. The van der Waals surface area contributed by atoms with E-state index < -0.39 is 0 Å². The number of carbonyl (C=O) groups is 2. The number of rotatable bonds is 11. The molecule has 2 aromatic rings. The molecule has 2 aromatic carbocycles. The van der Waals surface area contributed by atoms with Gasteiger partial charge < -0.3 is 16.4 Å². The number of hydrogen-bond acceptors (Lipinski definition) is 4. The summed E-state index contributed by atoms with van der Waals surface area (Å²) in [5.74, 6) is -0.246. The molecule has 0 fully saturated rings. The third-order valence-electron chi connectivity index (χ3n) is 5.52. The zero-order valence-corrected chi connectivity index (χ0v) is 21.4. The van der Waals surface area contributed by atoms with Gasteiger partial charge in [-0.3, -0.25) is 14.9 Å². The van der Waals surface area contributed by atoms with Crippen molar-refractivity contribution in [2.75, 3.05) is 17.2 Å². The summed E-state index contributed by atoms with van der Waals surface area (Å²) in [5, 5.41) is 8.83.